The summed E-state index contributed by atoms with van der Waals surface area (Å²) in [4.78, 5) is 39.2. The van der Waals surface area contributed by atoms with Gasteiger partial charge in [-0.05, 0) is 43.9 Å². The quantitative estimate of drug-likeness (QED) is 0.308. The average molecular weight is 602 g/mol. The predicted octanol–water partition coefficient (Wildman–Crippen LogP) is 6.68. The van der Waals surface area contributed by atoms with Crippen LogP contribution < -0.4 is 10.6 Å². The number of carbonyl (C=O) groups is 3. The second-order valence-electron chi connectivity index (χ2n) is 12.1. The van der Waals surface area contributed by atoms with E-state index in [-0.39, 0.29) is 17.7 Å². The van der Waals surface area contributed by atoms with E-state index in [4.69, 9.17) is 0 Å². The van der Waals surface area contributed by atoms with E-state index in [0.717, 1.165) is 82.9 Å². The topological polar surface area (TPSA) is 98.7 Å². The van der Waals surface area contributed by atoms with Crippen LogP contribution in [0.1, 0.15) is 138 Å². The van der Waals surface area contributed by atoms with Crippen LogP contribution in [0.5, 0.6) is 0 Å². The third kappa shape index (κ3) is 11.9. The highest BCUT2D eigenvalue weighted by Crippen LogP contribution is 2.39. The van der Waals surface area contributed by atoms with Gasteiger partial charge in [-0.15, -0.1) is 0 Å². The van der Waals surface area contributed by atoms with Crippen LogP contribution in [0, 0.1) is 0 Å². The van der Waals surface area contributed by atoms with Gasteiger partial charge in [-0.2, -0.15) is 11.8 Å². The first kappa shape index (κ1) is 34.4. The summed E-state index contributed by atoms with van der Waals surface area (Å²) in [6.07, 6.45) is 19.7. The van der Waals surface area contributed by atoms with Crippen molar-refractivity contribution < 1.29 is 19.5 Å². The van der Waals surface area contributed by atoms with E-state index < -0.39 is 5.72 Å². The number of rotatable bonds is 0. The second kappa shape index (κ2) is 20.0. The van der Waals surface area contributed by atoms with Crippen LogP contribution >= 0.6 is 11.8 Å². The first-order valence-corrected chi connectivity index (χ1v) is 17.9. The number of aliphatic hydroxyl groups is 1. The maximum atomic E-state index is 13.2. The molecule has 0 aliphatic carbocycles. The lowest BCUT2D eigenvalue weighted by Gasteiger charge is -2.34. The molecule has 7 nitrogen and oxygen atoms in total. The van der Waals surface area contributed by atoms with Gasteiger partial charge in [0.05, 0.1) is 0 Å². The summed E-state index contributed by atoms with van der Waals surface area (Å²) >= 11 is 1.65. The summed E-state index contributed by atoms with van der Waals surface area (Å²) in [5.41, 5.74) is 0.0395. The molecular weight excluding hydrogens is 546 g/mol. The van der Waals surface area contributed by atoms with Gasteiger partial charge in [0.15, 0.2) is 5.72 Å². The summed E-state index contributed by atoms with van der Waals surface area (Å²) in [7, 11) is 0. The van der Waals surface area contributed by atoms with Crippen LogP contribution in [0.4, 0.5) is 0 Å². The monoisotopic (exact) mass is 601 g/mol. The molecule has 236 valence electrons. The van der Waals surface area contributed by atoms with Crippen molar-refractivity contribution in [2.45, 2.75) is 128 Å². The molecule has 1 aromatic carbocycles. The first-order chi connectivity index (χ1) is 20.5. The van der Waals surface area contributed by atoms with E-state index in [1.807, 2.05) is 24.3 Å². The largest absolute Gasteiger partial charge is 0.366 e. The second-order valence-corrected chi connectivity index (χ2v) is 13.2. The minimum Gasteiger partial charge on any atom is -0.366 e. The zero-order valence-electron chi connectivity index (χ0n) is 25.8. The van der Waals surface area contributed by atoms with Gasteiger partial charge in [0.25, 0.3) is 5.91 Å². The van der Waals surface area contributed by atoms with Crippen LogP contribution in [0.3, 0.4) is 0 Å². The summed E-state index contributed by atoms with van der Waals surface area (Å²) in [6.45, 7) is 1.98. The smallest absolute Gasteiger partial charge is 0.256 e. The molecule has 2 aliphatic rings. The Bertz CT molecular complexity index is 958. The summed E-state index contributed by atoms with van der Waals surface area (Å²) in [5.74, 6) is 1.48. The number of nitrogens with one attached hydrogen (secondary N) is 2. The molecule has 0 spiro atoms. The van der Waals surface area contributed by atoms with Crippen molar-refractivity contribution in [1.29, 1.82) is 0 Å². The van der Waals surface area contributed by atoms with Crippen LogP contribution in [0.25, 0.3) is 0 Å². The molecule has 1 fully saturated rings. The number of benzene rings is 1. The summed E-state index contributed by atoms with van der Waals surface area (Å²) in [6, 6.07) is 7.46. The van der Waals surface area contributed by atoms with E-state index in [1.54, 1.807) is 16.7 Å². The normalized spacial score (nSPS) is 24.9. The number of nitrogens with zero attached hydrogens (tertiary/aromatic N) is 1. The lowest BCUT2D eigenvalue weighted by atomic mass is 10.0. The maximum Gasteiger partial charge on any atom is 0.256 e. The molecular formula is C34H55N3O4S. The molecule has 0 radical (unpaired) electrons. The average Bonchev–Trinajstić information content (AvgIpc) is 3.20. The highest BCUT2D eigenvalue weighted by Gasteiger charge is 2.47. The van der Waals surface area contributed by atoms with Crippen molar-refractivity contribution >= 4 is 29.5 Å². The van der Waals surface area contributed by atoms with Gasteiger partial charge < -0.3 is 20.6 Å². The highest BCUT2D eigenvalue weighted by atomic mass is 32.2. The van der Waals surface area contributed by atoms with Gasteiger partial charge in [0.2, 0.25) is 11.8 Å². The minimum absolute atomic E-state index is 0.0772. The molecule has 1 saturated heterocycles. The predicted molar refractivity (Wildman–Crippen MR) is 172 cm³/mol. The standard InChI is InChI=1S/C34H55N3O4S/c38-31-22-13-10-6-2-4-8-12-18-26-37-33(40)29-20-15-16-21-30(29)34(37,41)28-42-27-19-25-36-32(39)23-14-9-5-1-3-7-11-17-24-35-31/h15-16,20-21,41H,1-14,17-19,22-28H2,(H,35,38)(H,36,39). The number of hydrogen-bond acceptors (Lipinski definition) is 5. The Morgan fingerprint density at radius 3 is 1.76 bits per heavy atom. The van der Waals surface area contributed by atoms with E-state index in [0.29, 0.717) is 42.8 Å². The molecule has 3 amide bonds. The molecule has 1 unspecified atom stereocenters. The fourth-order valence-electron chi connectivity index (χ4n) is 6.03. The molecule has 1 aromatic rings. The Kier molecular flexibility index (Phi) is 16.4. The molecule has 0 aromatic heterocycles. The van der Waals surface area contributed by atoms with Crippen LogP contribution in [0.2, 0.25) is 0 Å². The first-order valence-electron chi connectivity index (χ1n) is 16.8. The van der Waals surface area contributed by atoms with E-state index in [2.05, 4.69) is 10.6 Å². The third-order valence-corrected chi connectivity index (χ3v) is 9.74. The maximum absolute atomic E-state index is 13.2. The zero-order chi connectivity index (χ0) is 29.9. The Hall–Kier alpha value is -2.06. The summed E-state index contributed by atoms with van der Waals surface area (Å²) in [5, 5.41) is 17.9. The summed E-state index contributed by atoms with van der Waals surface area (Å²) < 4.78 is 0. The van der Waals surface area contributed by atoms with Gasteiger partial charge in [-0.25, -0.2) is 0 Å². The van der Waals surface area contributed by atoms with Gasteiger partial charge in [-0.1, -0.05) is 95.2 Å². The molecule has 1 atom stereocenters. The fraction of sp³-hybridized carbons (Fsp3) is 0.735. The Morgan fingerprint density at radius 1 is 0.643 bits per heavy atom. The van der Waals surface area contributed by atoms with E-state index in [9.17, 15) is 19.5 Å². The van der Waals surface area contributed by atoms with Gasteiger partial charge in [-0.3, -0.25) is 14.4 Å². The Balaban J connectivity index is 1.45. The lowest BCUT2D eigenvalue weighted by Crippen LogP contribution is -2.46. The van der Waals surface area contributed by atoms with Crippen molar-refractivity contribution in [3.63, 3.8) is 0 Å². The van der Waals surface area contributed by atoms with Crippen molar-refractivity contribution in [2.75, 3.05) is 31.1 Å². The molecule has 3 N–H and O–H groups in total. The Labute approximate surface area is 258 Å². The minimum atomic E-state index is -1.28. The molecule has 2 aliphatic heterocycles. The number of amides is 3. The molecule has 2 heterocycles. The van der Waals surface area contributed by atoms with Crippen molar-refractivity contribution in [3.8, 4) is 0 Å². The zero-order valence-corrected chi connectivity index (χ0v) is 26.6. The van der Waals surface area contributed by atoms with Crippen molar-refractivity contribution in [1.82, 2.24) is 15.5 Å². The van der Waals surface area contributed by atoms with Gasteiger partial charge >= 0.3 is 0 Å². The molecule has 8 heteroatoms. The third-order valence-electron chi connectivity index (χ3n) is 8.56. The lowest BCUT2D eigenvalue weighted by molar-refractivity contribution is -0.122. The SMILES string of the molecule is O=C1CCCCCCCCCCN2C(=O)c3ccccc3C2(O)CSCCCNC(=O)CCCCCCCCCCN1. The molecule has 0 bridgehead atoms. The molecule has 0 saturated carbocycles. The molecule has 42 heavy (non-hydrogen) atoms. The number of thioether (sulfide) groups is 1. The van der Waals surface area contributed by atoms with Crippen molar-refractivity contribution in [2.24, 2.45) is 0 Å². The number of hydrogen-bond donors (Lipinski definition) is 3. The van der Waals surface area contributed by atoms with Crippen LogP contribution in [-0.2, 0) is 15.3 Å². The highest BCUT2D eigenvalue weighted by molar-refractivity contribution is 7.99. The van der Waals surface area contributed by atoms with Crippen LogP contribution in [-0.4, -0.2) is 58.9 Å². The number of carbonyl (C=O) groups excluding carboxylic acids is 3. The van der Waals surface area contributed by atoms with Crippen molar-refractivity contribution in [3.05, 3.63) is 35.4 Å². The molecule has 3 rings (SSSR count). The fourth-order valence-corrected chi connectivity index (χ4v) is 7.12. The number of fused-ring (bicyclic) bond motifs is 3. The van der Waals surface area contributed by atoms with Crippen LogP contribution in [0.15, 0.2) is 24.3 Å². The van der Waals surface area contributed by atoms with E-state index in [1.165, 1.54) is 38.5 Å². The van der Waals surface area contributed by atoms with Gasteiger partial charge in [0, 0.05) is 49.4 Å². The Morgan fingerprint density at radius 2 is 1.14 bits per heavy atom. The van der Waals surface area contributed by atoms with E-state index >= 15 is 0 Å². The van der Waals surface area contributed by atoms with Gasteiger partial charge in [0.1, 0.15) is 0 Å².